The fourth-order valence-electron chi connectivity index (χ4n) is 3.95. The van der Waals surface area contributed by atoms with Gasteiger partial charge in [-0.1, -0.05) is 45.8 Å². The summed E-state index contributed by atoms with van der Waals surface area (Å²) in [5, 5.41) is 18.9. The van der Waals surface area contributed by atoms with Crippen LogP contribution in [-0.4, -0.2) is 35.4 Å². The van der Waals surface area contributed by atoms with E-state index in [1.165, 1.54) is 0 Å². The summed E-state index contributed by atoms with van der Waals surface area (Å²) in [4.78, 5) is 26.3. The van der Waals surface area contributed by atoms with Gasteiger partial charge in [0.15, 0.2) is 0 Å². The van der Waals surface area contributed by atoms with Crippen LogP contribution in [0, 0.1) is 11.8 Å². The summed E-state index contributed by atoms with van der Waals surface area (Å²) in [5.74, 6) is 0.591. The summed E-state index contributed by atoms with van der Waals surface area (Å²) in [6, 6.07) is 7.16. The number of aliphatic carboxylic acids is 1. The van der Waals surface area contributed by atoms with Gasteiger partial charge in [0, 0.05) is 25.1 Å². The summed E-state index contributed by atoms with van der Waals surface area (Å²) >= 11 is 0. The van der Waals surface area contributed by atoms with Crippen molar-refractivity contribution >= 4 is 29.3 Å². The van der Waals surface area contributed by atoms with Crippen LogP contribution in [0.15, 0.2) is 28.8 Å². The van der Waals surface area contributed by atoms with Crippen molar-refractivity contribution in [2.24, 2.45) is 11.8 Å². The van der Waals surface area contributed by atoms with Gasteiger partial charge < -0.3 is 19.8 Å². The highest BCUT2D eigenvalue weighted by Crippen LogP contribution is 2.40. The number of carboxylic acids is 1. The van der Waals surface area contributed by atoms with Crippen molar-refractivity contribution in [3.8, 4) is 0 Å². The number of nitrogens with zero attached hydrogens (tertiary/aromatic N) is 2. The Morgan fingerprint density at radius 2 is 1.76 bits per heavy atom. The van der Waals surface area contributed by atoms with E-state index >= 15 is 0 Å². The highest BCUT2D eigenvalue weighted by atomic mass is 16.5. The molecule has 3 N–H and O–H groups in total. The molecule has 0 spiro atoms. The number of amides is 2. The molecule has 1 heterocycles. The molecule has 2 aromatic rings. The first-order valence-corrected chi connectivity index (χ1v) is 11.8. The molecule has 0 aliphatic heterocycles. The molecule has 8 heteroatoms. The Kier molecular flexibility index (Phi) is 8.00. The molecule has 0 saturated heterocycles. The number of anilines is 3. The summed E-state index contributed by atoms with van der Waals surface area (Å²) in [5.41, 5.74) is 3.29. The van der Waals surface area contributed by atoms with E-state index in [1.807, 2.05) is 25.1 Å². The van der Waals surface area contributed by atoms with Gasteiger partial charge in [-0.05, 0) is 48.3 Å². The lowest BCUT2D eigenvalue weighted by molar-refractivity contribution is -0.137. The van der Waals surface area contributed by atoms with Crippen molar-refractivity contribution in [1.29, 1.82) is 0 Å². The number of rotatable bonds is 11. The third-order valence-corrected chi connectivity index (χ3v) is 5.59. The Bertz CT molecular complexity index is 955. The maximum absolute atomic E-state index is 12.8. The predicted octanol–water partition coefficient (Wildman–Crippen LogP) is 5.89. The van der Waals surface area contributed by atoms with Crippen LogP contribution in [0.25, 0.3) is 0 Å². The Hall–Kier alpha value is -3.03. The second-order valence-electron chi connectivity index (χ2n) is 9.94. The third-order valence-electron chi connectivity index (χ3n) is 5.59. The van der Waals surface area contributed by atoms with Crippen LogP contribution in [0.3, 0.4) is 0 Å². The quantitative estimate of drug-likeness (QED) is 0.389. The van der Waals surface area contributed by atoms with Crippen LogP contribution >= 0.6 is 0 Å². The molecule has 2 amide bonds. The van der Waals surface area contributed by atoms with Crippen LogP contribution in [0.1, 0.15) is 77.0 Å². The second-order valence-corrected chi connectivity index (χ2v) is 9.94. The van der Waals surface area contributed by atoms with Gasteiger partial charge in [0.2, 0.25) is 5.88 Å². The Balaban J connectivity index is 1.85. The zero-order valence-corrected chi connectivity index (χ0v) is 20.2. The highest BCUT2D eigenvalue weighted by Gasteiger charge is 2.27. The van der Waals surface area contributed by atoms with Gasteiger partial charge in [0.05, 0.1) is 23.5 Å². The Morgan fingerprint density at radius 1 is 1.09 bits per heavy atom. The van der Waals surface area contributed by atoms with E-state index in [2.05, 4.69) is 48.4 Å². The molecule has 1 aliphatic rings. The molecule has 8 nitrogen and oxygen atoms in total. The lowest BCUT2D eigenvalue weighted by atomic mass is 9.96. The maximum Gasteiger partial charge on any atom is 0.326 e. The second kappa shape index (κ2) is 10.7. The minimum atomic E-state index is -0.850. The number of hydrogen-bond donors (Lipinski definition) is 3. The molecular weight excluding hydrogens is 420 g/mol. The smallest absolute Gasteiger partial charge is 0.326 e. The molecule has 1 unspecified atom stereocenters. The first-order valence-electron chi connectivity index (χ1n) is 11.8. The van der Waals surface area contributed by atoms with Crippen LogP contribution in [0.2, 0.25) is 0 Å². The van der Waals surface area contributed by atoms with Gasteiger partial charge >= 0.3 is 12.0 Å². The zero-order valence-electron chi connectivity index (χ0n) is 20.2. The molecule has 33 heavy (non-hydrogen) atoms. The average Bonchev–Trinajstić information content (AvgIpc) is 3.45. The Morgan fingerprint density at radius 3 is 2.33 bits per heavy atom. The van der Waals surface area contributed by atoms with Gasteiger partial charge in [-0.3, -0.25) is 10.1 Å². The van der Waals surface area contributed by atoms with E-state index in [-0.39, 0.29) is 12.3 Å². The molecule has 3 rings (SSSR count). The van der Waals surface area contributed by atoms with Crippen molar-refractivity contribution in [2.75, 3.05) is 28.6 Å². The standard InChI is InChI=1S/C25H36N4O4/c1-15(2)13-29(14-16(3)4)22-9-8-19(17(5)10-24(30)31)11-21(22)26-25(32)27-23-12-20(28-33-23)18-6-7-18/h8-9,11-12,15-18H,6-7,10,13-14H2,1-5H3,(H,30,31)(H2,26,27,32). The number of benzene rings is 1. The predicted molar refractivity (Wildman–Crippen MR) is 130 cm³/mol. The minimum absolute atomic E-state index is 0.0225. The number of hydrogen-bond acceptors (Lipinski definition) is 5. The van der Waals surface area contributed by atoms with Gasteiger partial charge in [-0.25, -0.2) is 4.79 Å². The molecule has 1 aromatic heterocycles. The number of carboxylic acid groups (broad SMARTS) is 1. The lowest BCUT2D eigenvalue weighted by Gasteiger charge is -2.31. The van der Waals surface area contributed by atoms with E-state index in [0.717, 1.165) is 42.9 Å². The lowest BCUT2D eigenvalue weighted by Crippen LogP contribution is -2.32. The van der Waals surface area contributed by atoms with Gasteiger partial charge in [-0.2, -0.15) is 0 Å². The molecule has 1 aliphatic carbocycles. The average molecular weight is 457 g/mol. The van der Waals surface area contributed by atoms with E-state index in [1.54, 1.807) is 6.07 Å². The maximum atomic E-state index is 12.8. The third kappa shape index (κ3) is 7.23. The highest BCUT2D eigenvalue weighted by molar-refractivity contribution is 6.01. The number of carbonyl (C=O) groups is 2. The summed E-state index contributed by atoms with van der Waals surface area (Å²) in [6.07, 6.45) is 2.23. The molecule has 1 aromatic carbocycles. The Labute approximate surface area is 195 Å². The van der Waals surface area contributed by atoms with Gasteiger partial charge in [0.1, 0.15) is 0 Å². The molecule has 1 fully saturated rings. The summed E-state index contributed by atoms with van der Waals surface area (Å²) < 4.78 is 5.27. The SMILES string of the molecule is CC(C)CN(CC(C)C)c1ccc(C(C)CC(=O)O)cc1NC(=O)Nc1cc(C2CC2)no1. The van der Waals surface area contributed by atoms with Crippen molar-refractivity contribution < 1.29 is 19.2 Å². The summed E-state index contributed by atoms with van der Waals surface area (Å²) in [7, 11) is 0. The van der Waals surface area contributed by atoms with Crippen LogP contribution in [0.4, 0.5) is 22.1 Å². The monoisotopic (exact) mass is 456 g/mol. The minimum Gasteiger partial charge on any atom is -0.481 e. The van der Waals surface area contributed by atoms with Gasteiger partial charge in [-0.15, -0.1) is 0 Å². The number of nitrogens with one attached hydrogen (secondary N) is 2. The molecular formula is C25H36N4O4. The van der Waals surface area contributed by atoms with Crippen LogP contribution in [0.5, 0.6) is 0 Å². The molecule has 0 bridgehead atoms. The van der Waals surface area contributed by atoms with E-state index in [9.17, 15) is 14.7 Å². The largest absolute Gasteiger partial charge is 0.481 e. The summed E-state index contributed by atoms with van der Waals surface area (Å²) in [6.45, 7) is 12.2. The molecule has 1 saturated carbocycles. The van der Waals surface area contributed by atoms with Crippen molar-refractivity contribution in [3.63, 3.8) is 0 Å². The zero-order chi connectivity index (χ0) is 24.1. The first-order chi connectivity index (χ1) is 15.6. The van der Waals surface area contributed by atoms with Crippen LogP contribution < -0.4 is 15.5 Å². The fourth-order valence-corrected chi connectivity index (χ4v) is 3.95. The topological polar surface area (TPSA) is 108 Å². The van der Waals surface area contributed by atoms with Crippen molar-refractivity contribution in [2.45, 2.75) is 65.7 Å². The fraction of sp³-hybridized carbons (Fsp3) is 0.560. The molecule has 1 atom stereocenters. The van der Waals surface area contributed by atoms with E-state index in [0.29, 0.717) is 29.3 Å². The van der Waals surface area contributed by atoms with E-state index < -0.39 is 12.0 Å². The number of carbonyl (C=O) groups excluding carboxylic acids is 1. The van der Waals surface area contributed by atoms with Crippen molar-refractivity contribution in [1.82, 2.24) is 5.16 Å². The normalized spacial score (nSPS) is 14.4. The van der Waals surface area contributed by atoms with E-state index in [4.69, 9.17) is 4.52 Å². The number of urea groups is 1. The first kappa shape index (κ1) is 24.6. The molecule has 0 radical (unpaired) electrons. The van der Waals surface area contributed by atoms with Gasteiger partial charge in [0.25, 0.3) is 0 Å². The number of aromatic nitrogens is 1. The van der Waals surface area contributed by atoms with Crippen molar-refractivity contribution in [3.05, 3.63) is 35.5 Å². The molecule has 180 valence electrons. The van der Waals surface area contributed by atoms with Crippen LogP contribution in [-0.2, 0) is 4.79 Å².